The number of hydrogen-bond acceptors (Lipinski definition) is 10. The zero-order chi connectivity index (χ0) is 25.7. The lowest BCUT2D eigenvalue weighted by Gasteiger charge is -2.27. The van der Waals surface area contributed by atoms with Gasteiger partial charge in [0.15, 0.2) is 0 Å². The molecule has 0 radical (unpaired) electrons. The first-order valence-electron chi connectivity index (χ1n) is 10.4. The second-order valence-corrected chi connectivity index (χ2v) is 7.83. The maximum Gasteiger partial charge on any atom is 0.416 e. The van der Waals surface area contributed by atoms with Crippen LogP contribution in [0.5, 0.6) is 0 Å². The first kappa shape index (κ1) is 25.1. The number of halogens is 4. The SMILES string of the molecule is O=[N+]([O-])c1ccc(Cl)c(/C=N/Nc2nc(Nc3cccc(C(F)(F)F)c3)nc(N3CCOCC3)n2)c1. The van der Waals surface area contributed by atoms with Crippen molar-refractivity contribution in [2.75, 3.05) is 41.9 Å². The second-order valence-electron chi connectivity index (χ2n) is 7.42. The van der Waals surface area contributed by atoms with E-state index in [1.54, 1.807) is 0 Å². The molecule has 0 atom stereocenters. The number of ether oxygens (including phenoxy) is 1. The molecule has 4 rings (SSSR count). The molecule has 15 heteroatoms. The Morgan fingerprint density at radius 1 is 1.11 bits per heavy atom. The van der Waals surface area contributed by atoms with E-state index in [-0.39, 0.29) is 39.8 Å². The predicted octanol–water partition coefficient (Wildman–Crippen LogP) is 4.48. The summed E-state index contributed by atoms with van der Waals surface area (Å²) in [7, 11) is 0. The summed E-state index contributed by atoms with van der Waals surface area (Å²) in [6.45, 7) is 1.90. The van der Waals surface area contributed by atoms with Gasteiger partial charge >= 0.3 is 6.18 Å². The van der Waals surface area contributed by atoms with Gasteiger partial charge in [0, 0.05) is 41.5 Å². The second kappa shape index (κ2) is 10.7. The maximum absolute atomic E-state index is 13.1. The van der Waals surface area contributed by atoms with Crippen LogP contribution in [0.2, 0.25) is 5.02 Å². The summed E-state index contributed by atoms with van der Waals surface area (Å²) in [5.74, 6) is 0.226. The van der Waals surface area contributed by atoms with E-state index in [1.165, 1.54) is 36.5 Å². The highest BCUT2D eigenvalue weighted by Gasteiger charge is 2.30. The molecule has 1 saturated heterocycles. The molecule has 0 bridgehead atoms. The summed E-state index contributed by atoms with van der Waals surface area (Å²) < 4.78 is 44.6. The molecule has 0 saturated carbocycles. The average Bonchev–Trinajstić information content (AvgIpc) is 2.85. The van der Waals surface area contributed by atoms with Crippen LogP contribution in [0.1, 0.15) is 11.1 Å². The Hall–Kier alpha value is -4.04. The Morgan fingerprint density at radius 3 is 2.58 bits per heavy atom. The van der Waals surface area contributed by atoms with Crippen LogP contribution in [0.3, 0.4) is 0 Å². The van der Waals surface area contributed by atoms with E-state index in [0.717, 1.165) is 12.1 Å². The number of aromatic nitrogens is 3. The van der Waals surface area contributed by atoms with Crippen molar-refractivity contribution in [2.45, 2.75) is 6.18 Å². The predicted molar refractivity (Wildman–Crippen MR) is 127 cm³/mol. The fraction of sp³-hybridized carbons (Fsp3) is 0.238. The summed E-state index contributed by atoms with van der Waals surface area (Å²) in [4.78, 5) is 25.1. The third-order valence-electron chi connectivity index (χ3n) is 4.92. The van der Waals surface area contributed by atoms with Crippen molar-refractivity contribution < 1.29 is 22.8 Å². The zero-order valence-electron chi connectivity index (χ0n) is 18.4. The number of anilines is 4. The smallest absolute Gasteiger partial charge is 0.378 e. The Bertz CT molecular complexity index is 1290. The van der Waals surface area contributed by atoms with E-state index < -0.39 is 16.7 Å². The highest BCUT2D eigenvalue weighted by molar-refractivity contribution is 6.33. The van der Waals surface area contributed by atoms with Crippen LogP contribution < -0.4 is 15.6 Å². The van der Waals surface area contributed by atoms with Gasteiger partial charge < -0.3 is 15.0 Å². The molecule has 2 N–H and O–H groups in total. The van der Waals surface area contributed by atoms with Crippen LogP contribution in [0.4, 0.5) is 42.4 Å². The van der Waals surface area contributed by atoms with E-state index >= 15 is 0 Å². The molecule has 0 amide bonds. The number of nitrogens with zero attached hydrogens (tertiary/aromatic N) is 6. The fourth-order valence-corrected chi connectivity index (χ4v) is 3.35. The van der Waals surface area contributed by atoms with Crippen molar-refractivity contribution in [1.82, 2.24) is 15.0 Å². The van der Waals surface area contributed by atoms with Gasteiger partial charge in [-0.3, -0.25) is 10.1 Å². The van der Waals surface area contributed by atoms with Crippen molar-refractivity contribution in [3.8, 4) is 0 Å². The molecule has 1 aromatic heterocycles. The Morgan fingerprint density at radius 2 is 1.86 bits per heavy atom. The van der Waals surface area contributed by atoms with Crippen molar-refractivity contribution in [3.05, 3.63) is 68.7 Å². The van der Waals surface area contributed by atoms with Gasteiger partial charge in [-0.25, -0.2) is 5.43 Å². The molecule has 2 aromatic carbocycles. The van der Waals surface area contributed by atoms with Crippen LogP contribution >= 0.6 is 11.6 Å². The minimum Gasteiger partial charge on any atom is -0.378 e. The van der Waals surface area contributed by atoms with Crippen LogP contribution in [-0.4, -0.2) is 52.4 Å². The van der Waals surface area contributed by atoms with E-state index in [9.17, 15) is 23.3 Å². The molecule has 2 heterocycles. The number of nitrogens with one attached hydrogen (secondary N) is 2. The van der Waals surface area contributed by atoms with Crippen LogP contribution in [0.25, 0.3) is 0 Å². The lowest BCUT2D eigenvalue weighted by molar-refractivity contribution is -0.384. The van der Waals surface area contributed by atoms with Gasteiger partial charge in [-0.05, 0) is 24.3 Å². The number of nitro benzene ring substituents is 1. The number of alkyl halides is 3. The molecule has 0 unspecified atom stereocenters. The number of morpholine rings is 1. The van der Waals surface area contributed by atoms with E-state index in [1.807, 2.05) is 4.90 Å². The maximum atomic E-state index is 13.1. The quantitative estimate of drug-likeness (QED) is 0.262. The molecular formula is C21H18ClF3N8O3. The number of hydrazone groups is 1. The number of rotatable bonds is 7. The van der Waals surface area contributed by atoms with Gasteiger partial charge in [0.2, 0.25) is 17.8 Å². The number of hydrogen-bond donors (Lipinski definition) is 2. The Kier molecular flexibility index (Phi) is 7.45. The topological polar surface area (TPSA) is 131 Å². The molecular weight excluding hydrogens is 505 g/mol. The summed E-state index contributed by atoms with van der Waals surface area (Å²) in [6.07, 6.45) is -3.25. The highest BCUT2D eigenvalue weighted by atomic mass is 35.5. The number of non-ortho nitro benzene ring substituents is 1. The minimum atomic E-state index is -4.51. The van der Waals surface area contributed by atoms with E-state index in [2.05, 4.69) is 30.8 Å². The molecule has 3 aromatic rings. The molecule has 188 valence electrons. The Labute approximate surface area is 207 Å². The van der Waals surface area contributed by atoms with Crippen LogP contribution in [0.15, 0.2) is 47.6 Å². The summed E-state index contributed by atoms with van der Waals surface area (Å²) in [5, 5.41) is 18.0. The minimum absolute atomic E-state index is 0.0150. The van der Waals surface area contributed by atoms with Gasteiger partial charge in [-0.2, -0.15) is 33.2 Å². The standard InChI is InChI=1S/C21H18ClF3N8O3/c22-17-5-4-16(33(34)35)10-13(17)12-26-31-19-28-18(29-20(30-19)32-6-8-36-9-7-32)27-15-3-1-2-14(11-15)21(23,24)25/h1-5,10-12H,6-9H2,(H2,27,28,29,30,31)/b26-12+. The average molecular weight is 523 g/mol. The molecule has 0 aliphatic carbocycles. The Balaban J connectivity index is 1.60. The highest BCUT2D eigenvalue weighted by Crippen LogP contribution is 2.31. The molecule has 36 heavy (non-hydrogen) atoms. The third-order valence-corrected chi connectivity index (χ3v) is 5.27. The normalized spacial score (nSPS) is 14.2. The van der Waals surface area contributed by atoms with Crippen molar-refractivity contribution >= 4 is 47.0 Å². The first-order chi connectivity index (χ1) is 17.2. The van der Waals surface area contributed by atoms with Crippen molar-refractivity contribution in [3.63, 3.8) is 0 Å². The fourth-order valence-electron chi connectivity index (χ4n) is 3.18. The third kappa shape index (κ3) is 6.34. The van der Waals surface area contributed by atoms with E-state index in [0.29, 0.717) is 26.3 Å². The summed E-state index contributed by atoms with van der Waals surface area (Å²) >= 11 is 6.08. The lowest BCUT2D eigenvalue weighted by atomic mass is 10.2. The van der Waals surface area contributed by atoms with Gasteiger partial charge in [0.1, 0.15) is 0 Å². The molecule has 11 nitrogen and oxygen atoms in total. The van der Waals surface area contributed by atoms with Crippen molar-refractivity contribution in [1.29, 1.82) is 0 Å². The first-order valence-corrected chi connectivity index (χ1v) is 10.8. The molecule has 1 fully saturated rings. The van der Waals surface area contributed by atoms with Gasteiger partial charge in [0.25, 0.3) is 5.69 Å². The van der Waals surface area contributed by atoms with Gasteiger partial charge in [-0.1, -0.05) is 17.7 Å². The zero-order valence-corrected chi connectivity index (χ0v) is 19.1. The van der Waals surface area contributed by atoms with Gasteiger partial charge in [-0.15, -0.1) is 0 Å². The summed E-state index contributed by atoms with van der Waals surface area (Å²) in [5.41, 5.74) is 2.03. The van der Waals surface area contributed by atoms with Crippen LogP contribution in [0, 0.1) is 10.1 Å². The number of benzene rings is 2. The van der Waals surface area contributed by atoms with Gasteiger partial charge in [0.05, 0.1) is 29.9 Å². The van der Waals surface area contributed by atoms with E-state index in [4.69, 9.17) is 16.3 Å². The largest absolute Gasteiger partial charge is 0.416 e. The lowest BCUT2D eigenvalue weighted by Crippen LogP contribution is -2.37. The molecule has 1 aliphatic rings. The molecule has 0 spiro atoms. The molecule has 1 aliphatic heterocycles. The monoisotopic (exact) mass is 522 g/mol. The van der Waals surface area contributed by atoms with Crippen LogP contribution in [-0.2, 0) is 10.9 Å². The van der Waals surface area contributed by atoms with Crippen molar-refractivity contribution in [2.24, 2.45) is 5.10 Å². The summed E-state index contributed by atoms with van der Waals surface area (Å²) in [6, 6.07) is 8.49. The number of nitro groups is 1.